The lowest BCUT2D eigenvalue weighted by Crippen LogP contribution is -2.17. The van der Waals surface area contributed by atoms with E-state index in [1.165, 1.54) is 6.33 Å². The molecule has 0 unspecified atom stereocenters. The number of carbonyl (C=O) groups is 2. The van der Waals surface area contributed by atoms with E-state index in [9.17, 15) is 9.59 Å². The van der Waals surface area contributed by atoms with E-state index < -0.39 is 11.6 Å². The summed E-state index contributed by atoms with van der Waals surface area (Å²) in [6.07, 6.45) is 4.17. The molecule has 0 aromatic carbocycles. The Kier molecular flexibility index (Phi) is 4.22. The highest BCUT2D eigenvalue weighted by molar-refractivity contribution is 6.42. The molecule has 0 fully saturated rings. The lowest BCUT2D eigenvalue weighted by atomic mass is 10.1. The fourth-order valence-corrected chi connectivity index (χ4v) is 1.68. The van der Waals surface area contributed by atoms with Crippen molar-refractivity contribution < 1.29 is 14.0 Å². The summed E-state index contributed by atoms with van der Waals surface area (Å²) < 4.78 is 5.50. The van der Waals surface area contributed by atoms with Crippen molar-refractivity contribution in [3.05, 3.63) is 35.8 Å². The van der Waals surface area contributed by atoms with Gasteiger partial charge < -0.3 is 4.42 Å². The average Bonchev–Trinajstić information content (AvgIpc) is 3.06. The Morgan fingerprint density at radius 1 is 1.32 bits per heavy atom. The molecule has 19 heavy (non-hydrogen) atoms. The monoisotopic (exact) mass is 261 g/mol. The van der Waals surface area contributed by atoms with Crippen LogP contribution in [0.15, 0.2) is 22.9 Å². The van der Waals surface area contributed by atoms with Gasteiger partial charge in [0.1, 0.15) is 17.8 Å². The zero-order valence-electron chi connectivity index (χ0n) is 10.7. The Bertz CT molecular complexity index is 557. The van der Waals surface area contributed by atoms with Gasteiger partial charge in [0.05, 0.1) is 6.42 Å². The Hall–Kier alpha value is -2.24. The molecule has 6 heteroatoms. The van der Waals surface area contributed by atoms with Gasteiger partial charge >= 0.3 is 0 Å². The number of hydrogen-bond donors (Lipinski definition) is 1. The van der Waals surface area contributed by atoms with Crippen LogP contribution in [-0.2, 0) is 17.6 Å². The normalized spacial score (nSPS) is 10.6. The second-order valence-electron chi connectivity index (χ2n) is 4.22. The van der Waals surface area contributed by atoms with Crippen molar-refractivity contribution in [1.82, 2.24) is 15.2 Å². The van der Waals surface area contributed by atoms with Crippen LogP contribution in [0.1, 0.15) is 41.9 Å². The summed E-state index contributed by atoms with van der Waals surface area (Å²) >= 11 is 0. The largest absolute Gasteiger partial charge is 0.466 e. The zero-order chi connectivity index (χ0) is 13.7. The molecule has 2 aromatic heterocycles. The molecule has 2 aromatic rings. The highest BCUT2D eigenvalue weighted by Crippen LogP contribution is 2.12. The van der Waals surface area contributed by atoms with Crippen molar-refractivity contribution >= 4 is 11.6 Å². The van der Waals surface area contributed by atoms with Crippen molar-refractivity contribution in [1.29, 1.82) is 0 Å². The molecule has 0 saturated carbocycles. The number of aryl methyl sites for hydroxylation is 1. The first-order valence-electron chi connectivity index (χ1n) is 6.21. The number of Topliss-reactive ketones (excluding diaryl/α,β-unsaturated/α-hetero) is 2. The summed E-state index contributed by atoms with van der Waals surface area (Å²) in [7, 11) is 0. The van der Waals surface area contributed by atoms with Crippen LogP contribution in [0.4, 0.5) is 0 Å². The first kappa shape index (κ1) is 13.2. The van der Waals surface area contributed by atoms with Crippen molar-refractivity contribution in [2.24, 2.45) is 0 Å². The van der Waals surface area contributed by atoms with Crippen LogP contribution < -0.4 is 0 Å². The van der Waals surface area contributed by atoms with Gasteiger partial charge in [-0.3, -0.25) is 14.7 Å². The standard InChI is InChI=1S/C13H15N3O3/c1-2-3-4-9-5-6-10(19-9)7-11(17)12(18)13-14-8-15-16-13/h5-6,8H,2-4,7H2,1H3,(H,14,15,16). The second kappa shape index (κ2) is 6.08. The number of nitrogens with one attached hydrogen (secondary N) is 1. The van der Waals surface area contributed by atoms with E-state index in [4.69, 9.17) is 4.42 Å². The highest BCUT2D eigenvalue weighted by atomic mass is 16.3. The minimum absolute atomic E-state index is 0.0561. The van der Waals surface area contributed by atoms with E-state index in [-0.39, 0.29) is 12.2 Å². The Balaban J connectivity index is 1.95. The minimum Gasteiger partial charge on any atom is -0.466 e. The van der Waals surface area contributed by atoms with E-state index >= 15 is 0 Å². The number of carbonyl (C=O) groups excluding carboxylic acids is 2. The van der Waals surface area contributed by atoms with E-state index in [1.807, 2.05) is 6.07 Å². The van der Waals surface area contributed by atoms with Gasteiger partial charge in [0, 0.05) is 6.42 Å². The number of rotatable bonds is 7. The van der Waals surface area contributed by atoms with E-state index in [0.717, 1.165) is 25.0 Å². The third kappa shape index (κ3) is 3.37. The molecular weight excluding hydrogens is 246 g/mol. The lowest BCUT2D eigenvalue weighted by molar-refractivity contribution is -0.114. The maximum atomic E-state index is 11.7. The van der Waals surface area contributed by atoms with Crippen LogP contribution in [0.25, 0.3) is 0 Å². The molecule has 0 atom stereocenters. The van der Waals surface area contributed by atoms with E-state index in [1.54, 1.807) is 6.07 Å². The van der Waals surface area contributed by atoms with Gasteiger partial charge in [-0.25, -0.2) is 4.98 Å². The van der Waals surface area contributed by atoms with Gasteiger partial charge in [0.25, 0.3) is 5.78 Å². The summed E-state index contributed by atoms with van der Waals surface area (Å²) in [5.41, 5.74) is 0. The quantitative estimate of drug-likeness (QED) is 0.605. The Labute approximate surface area is 110 Å². The predicted octanol–water partition coefficient (Wildman–Crippen LogP) is 1.73. The number of ketones is 2. The Morgan fingerprint density at radius 3 is 2.79 bits per heavy atom. The summed E-state index contributed by atoms with van der Waals surface area (Å²) in [4.78, 5) is 27.0. The van der Waals surface area contributed by atoms with Crippen LogP contribution >= 0.6 is 0 Å². The molecule has 0 spiro atoms. The van der Waals surface area contributed by atoms with Gasteiger partial charge in [-0.2, -0.15) is 0 Å². The van der Waals surface area contributed by atoms with E-state index in [2.05, 4.69) is 22.1 Å². The number of H-pyrrole nitrogens is 1. The minimum atomic E-state index is -0.701. The lowest BCUT2D eigenvalue weighted by Gasteiger charge is -1.96. The van der Waals surface area contributed by atoms with Crippen molar-refractivity contribution in [2.75, 3.05) is 0 Å². The van der Waals surface area contributed by atoms with Crippen LogP contribution in [0, 0.1) is 0 Å². The highest BCUT2D eigenvalue weighted by Gasteiger charge is 2.21. The molecule has 0 aliphatic heterocycles. The average molecular weight is 261 g/mol. The molecule has 0 amide bonds. The number of aromatic amines is 1. The second-order valence-corrected chi connectivity index (χ2v) is 4.22. The van der Waals surface area contributed by atoms with Gasteiger partial charge in [0.2, 0.25) is 11.6 Å². The SMILES string of the molecule is CCCCc1ccc(CC(=O)C(=O)c2nc[nH]n2)o1. The van der Waals surface area contributed by atoms with Crippen LogP contribution in [-0.4, -0.2) is 26.7 Å². The van der Waals surface area contributed by atoms with Crippen LogP contribution in [0.2, 0.25) is 0 Å². The maximum Gasteiger partial charge on any atom is 0.268 e. The molecule has 0 aliphatic rings. The number of nitrogens with zero attached hydrogens (tertiary/aromatic N) is 2. The van der Waals surface area contributed by atoms with E-state index in [0.29, 0.717) is 5.76 Å². The predicted molar refractivity (Wildman–Crippen MR) is 66.7 cm³/mol. The third-order valence-corrected chi connectivity index (χ3v) is 2.70. The van der Waals surface area contributed by atoms with Gasteiger partial charge in [-0.15, -0.1) is 5.10 Å². The Morgan fingerprint density at radius 2 is 2.11 bits per heavy atom. The molecule has 2 heterocycles. The number of aromatic nitrogens is 3. The summed E-state index contributed by atoms with van der Waals surface area (Å²) in [6.45, 7) is 2.10. The number of furan rings is 1. The zero-order valence-corrected chi connectivity index (χ0v) is 10.7. The third-order valence-electron chi connectivity index (χ3n) is 2.70. The molecule has 2 rings (SSSR count). The van der Waals surface area contributed by atoms with Gasteiger partial charge in [-0.1, -0.05) is 13.3 Å². The molecule has 0 radical (unpaired) electrons. The molecular formula is C13H15N3O3. The summed E-state index contributed by atoms with van der Waals surface area (Å²) in [5.74, 6) is -0.0403. The van der Waals surface area contributed by atoms with Gasteiger partial charge in [-0.05, 0) is 18.6 Å². The maximum absolute atomic E-state index is 11.7. The number of unbranched alkanes of at least 4 members (excludes halogenated alkanes) is 1. The fraction of sp³-hybridized carbons (Fsp3) is 0.385. The molecule has 1 N–H and O–H groups in total. The fourth-order valence-electron chi connectivity index (χ4n) is 1.68. The smallest absolute Gasteiger partial charge is 0.268 e. The molecule has 0 bridgehead atoms. The molecule has 6 nitrogen and oxygen atoms in total. The van der Waals surface area contributed by atoms with Crippen molar-refractivity contribution in [3.63, 3.8) is 0 Å². The summed E-state index contributed by atoms with van der Waals surface area (Å²) in [6, 6.07) is 3.57. The first-order valence-corrected chi connectivity index (χ1v) is 6.21. The summed E-state index contributed by atoms with van der Waals surface area (Å²) in [5, 5.41) is 5.99. The molecule has 0 aliphatic carbocycles. The topological polar surface area (TPSA) is 88.9 Å². The first-order chi connectivity index (χ1) is 9.20. The van der Waals surface area contributed by atoms with Crippen molar-refractivity contribution in [2.45, 2.75) is 32.6 Å². The number of hydrogen-bond acceptors (Lipinski definition) is 5. The van der Waals surface area contributed by atoms with Gasteiger partial charge in [0.15, 0.2) is 0 Å². The molecule has 100 valence electrons. The van der Waals surface area contributed by atoms with Crippen molar-refractivity contribution in [3.8, 4) is 0 Å². The molecule has 0 saturated heterocycles. The van der Waals surface area contributed by atoms with Crippen LogP contribution in [0.5, 0.6) is 0 Å². The van der Waals surface area contributed by atoms with Crippen LogP contribution in [0.3, 0.4) is 0 Å².